The molecule has 0 aliphatic carbocycles. The quantitative estimate of drug-likeness (QED) is 0.0265. The van der Waals surface area contributed by atoms with Gasteiger partial charge < -0.3 is 48.7 Å². The molecule has 0 atom stereocenters. The van der Waals surface area contributed by atoms with E-state index in [1.54, 1.807) is 89.6 Å². The van der Waals surface area contributed by atoms with Gasteiger partial charge in [-0.15, -0.1) is 0 Å². The number of methoxy groups -OCH3 is 2. The molecule has 0 unspecified atom stereocenters. The number of nitrogens with one attached hydrogen (secondary N) is 7. The maximum atomic E-state index is 12.0. The second-order valence-corrected chi connectivity index (χ2v) is 23.6. The highest BCUT2D eigenvalue weighted by Crippen LogP contribution is 2.36. The minimum Gasteiger partial charge on any atom is -0.476 e. The van der Waals surface area contributed by atoms with Crippen LogP contribution in [0, 0.1) is 0 Å². The lowest BCUT2D eigenvalue weighted by molar-refractivity contribution is 0.0320. The number of nitrogens with zero attached hydrogens (tertiary/aromatic N) is 15. The second kappa shape index (κ2) is 36.6. The summed E-state index contributed by atoms with van der Waals surface area (Å²) in [4.78, 5) is 106. The van der Waals surface area contributed by atoms with Crippen LogP contribution < -0.4 is 26.0 Å². The molecule has 10 heterocycles. The number of carbonyl (C=O) groups is 3. The summed E-state index contributed by atoms with van der Waals surface area (Å²) < 4.78 is 31.4. The molecule has 4 amide bonds. The van der Waals surface area contributed by atoms with Gasteiger partial charge in [-0.3, -0.25) is 40.6 Å². The second-order valence-electron chi connectivity index (χ2n) is 23.6. The van der Waals surface area contributed by atoms with E-state index in [-0.39, 0.29) is 31.1 Å². The number of H-pyrrole nitrogens is 3. The van der Waals surface area contributed by atoms with Crippen LogP contribution in [0.25, 0.3) is 101 Å². The third kappa shape index (κ3) is 20.0. The number of imidazole rings is 3. The number of amides is 4. The highest BCUT2D eigenvalue weighted by molar-refractivity contribution is 6.00. The van der Waals surface area contributed by atoms with Crippen molar-refractivity contribution in [3.05, 3.63) is 158 Å². The van der Waals surface area contributed by atoms with Gasteiger partial charge in [-0.1, -0.05) is 12.1 Å². The first-order valence-electron chi connectivity index (χ1n) is 33.8. The third-order valence-corrected chi connectivity index (χ3v) is 16.1. The Hall–Kier alpha value is -11.9. The maximum absolute atomic E-state index is 12.0. The number of ether oxygens (including phenoxy) is 6. The van der Waals surface area contributed by atoms with E-state index >= 15 is 0 Å². The van der Waals surface area contributed by atoms with E-state index in [4.69, 9.17) is 28.4 Å². The van der Waals surface area contributed by atoms with Crippen molar-refractivity contribution in [1.29, 1.82) is 0 Å². The number of aromatic nitrogens is 15. The van der Waals surface area contributed by atoms with Crippen LogP contribution in [0.1, 0.15) is 32.2 Å². The van der Waals surface area contributed by atoms with Gasteiger partial charge in [0.1, 0.15) is 23.2 Å². The zero-order valence-electron chi connectivity index (χ0n) is 58.8. The average Bonchev–Trinajstić information content (AvgIpc) is 1.55. The van der Waals surface area contributed by atoms with Gasteiger partial charge >= 0.3 is 18.2 Å². The molecule has 31 nitrogen and oxygen atoms in total. The molecule has 9 aromatic heterocycles. The molecule has 0 spiro atoms. The summed E-state index contributed by atoms with van der Waals surface area (Å²) in [6.07, 6.45) is 14.4. The molecule has 0 saturated carbocycles. The molecular weight excluding hydrogens is 1330 g/mol. The van der Waals surface area contributed by atoms with Crippen molar-refractivity contribution < 1.29 is 42.8 Å². The molecule has 538 valence electrons. The van der Waals surface area contributed by atoms with Gasteiger partial charge in [-0.05, 0) is 124 Å². The Morgan fingerprint density at radius 2 is 0.904 bits per heavy atom. The number of likely N-dealkylation sites (N-methyl/N-ethyl adjacent to an activating group) is 2. The van der Waals surface area contributed by atoms with Crippen LogP contribution in [0.15, 0.2) is 147 Å². The number of aromatic amines is 3. The van der Waals surface area contributed by atoms with Gasteiger partial charge in [0.2, 0.25) is 23.7 Å². The molecule has 0 bridgehead atoms. The highest BCUT2D eigenvalue weighted by atomic mass is 16.6. The zero-order chi connectivity index (χ0) is 72.6. The smallest absolute Gasteiger partial charge is 0.413 e. The predicted molar refractivity (Wildman–Crippen MR) is 394 cm³/mol. The Balaban J connectivity index is 0.000000156. The number of hydrogen-bond acceptors (Lipinski definition) is 24. The van der Waals surface area contributed by atoms with Crippen molar-refractivity contribution in [3.63, 3.8) is 0 Å². The van der Waals surface area contributed by atoms with Crippen LogP contribution in [0.2, 0.25) is 0 Å². The van der Waals surface area contributed by atoms with E-state index in [2.05, 4.69) is 111 Å². The Morgan fingerprint density at radius 1 is 0.500 bits per heavy atom. The number of rotatable bonds is 26. The lowest BCUT2D eigenvalue weighted by Gasteiger charge is -2.26. The number of benzene rings is 3. The van der Waals surface area contributed by atoms with Crippen molar-refractivity contribution in [2.45, 2.75) is 33.9 Å². The Kier molecular flexibility index (Phi) is 25.8. The first-order chi connectivity index (χ1) is 50.8. The summed E-state index contributed by atoms with van der Waals surface area (Å²) in [5.41, 5.74) is 13.9. The maximum Gasteiger partial charge on any atom is 0.413 e. The van der Waals surface area contributed by atoms with Gasteiger partial charge in [0, 0.05) is 162 Å². The molecule has 31 heteroatoms. The van der Waals surface area contributed by atoms with Crippen molar-refractivity contribution >= 4 is 69.2 Å². The van der Waals surface area contributed by atoms with Gasteiger partial charge in [0.25, 0.3) is 0 Å². The molecule has 1 aliphatic heterocycles. The minimum atomic E-state index is -0.581. The zero-order valence-corrected chi connectivity index (χ0v) is 58.8. The summed E-state index contributed by atoms with van der Waals surface area (Å²) in [5, 5.41) is 10.7. The van der Waals surface area contributed by atoms with Crippen LogP contribution in [0.4, 0.5) is 32.2 Å². The molecule has 0 radical (unpaired) electrons. The first kappa shape index (κ1) is 73.4. The van der Waals surface area contributed by atoms with E-state index < -0.39 is 12.2 Å². The molecular formula is C73H82N22O9. The van der Waals surface area contributed by atoms with Crippen LogP contribution in [0.5, 0.6) is 5.88 Å². The number of anilines is 3. The fourth-order valence-corrected chi connectivity index (χ4v) is 11.0. The molecule has 1 fully saturated rings. The lowest BCUT2D eigenvalue weighted by atomic mass is 10.0. The van der Waals surface area contributed by atoms with Crippen LogP contribution in [-0.2, 0) is 36.8 Å². The monoisotopic (exact) mass is 1410 g/mol. The number of morpholine rings is 1. The number of urea groups is 1. The molecule has 1 saturated heterocycles. The number of fused-ring (bicyclic) bond motifs is 3. The third-order valence-electron chi connectivity index (χ3n) is 16.1. The highest BCUT2D eigenvalue weighted by Gasteiger charge is 2.21. The van der Waals surface area contributed by atoms with E-state index in [9.17, 15) is 14.4 Å². The summed E-state index contributed by atoms with van der Waals surface area (Å²) in [7, 11) is 7.47. The lowest BCUT2D eigenvalue weighted by Crippen LogP contribution is -2.38. The Labute approximate surface area is 599 Å². The summed E-state index contributed by atoms with van der Waals surface area (Å²) in [6.45, 7) is 15.7. The summed E-state index contributed by atoms with van der Waals surface area (Å²) in [5.74, 6) is 3.09. The number of carbonyl (C=O) groups excluding carboxylic acids is 3. The average molecular weight is 1410 g/mol. The van der Waals surface area contributed by atoms with E-state index in [1.807, 2.05) is 106 Å². The van der Waals surface area contributed by atoms with Gasteiger partial charge in [-0.25, -0.2) is 64.2 Å². The summed E-state index contributed by atoms with van der Waals surface area (Å²) >= 11 is 0. The van der Waals surface area contributed by atoms with Gasteiger partial charge in [0.05, 0.1) is 67.6 Å². The minimum absolute atomic E-state index is 0.263. The SMILES string of the molecule is CCNC(=O)Nc1nc2c(-c3ncccn3)cc(-c3ccc(CN(C)CCOC)nc3)cc2[nH]1.CCOC(=O)Nc1nc2c(-c3ncccn3)cc(-c3ccc(CN(C)CCOC)nc3)cc2[nH]1.CCOC(=O)Nc1nc2c(-c3ncccn3)cc(-c3ccc(OCCN4CCOCC4)nc3)cc2[nH]1. The molecule has 13 rings (SSSR count). The van der Waals surface area contributed by atoms with Crippen LogP contribution in [-0.4, -0.2) is 222 Å². The molecule has 12 aromatic rings. The summed E-state index contributed by atoms with van der Waals surface area (Å²) in [6, 6.07) is 28.7. The number of hydrogen-bond donors (Lipinski definition) is 7. The Bertz CT molecular complexity index is 4540. The van der Waals surface area contributed by atoms with E-state index in [0.717, 1.165) is 132 Å². The van der Waals surface area contributed by atoms with E-state index in [1.165, 1.54) is 0 Å². The standard InChI is InChI=1S/C25H27N7O4.C24H28N8O2.C24H27N7O3/c1-2-35-25(33)31-24-29-20-15-18(14-19(22(20)30-24)23-26-6-3-7-27-23)17-4-5-21(28-16-17)36-13-10-32-8-11-34-12-9-32;1-4-25-24(33)31-23-29-20-13-17(12-19(21(20)30-23)22-26-8-5-9-27-22)16-6-7-18(28-14-16)15-32(2)10-11-34-3;1-4-34-24(32)30-23-28-20-13-17(12-19(21(20)29-23)22-25-8-5-9-26-22)16-6-7-18(27-14-16)15-31(2)10-11-33-3/h3-7,14-16H,2,8-13H2,1H3,(H2,29,30,31,33);5-9,12-14H,4,10-11,15H2,1-3H3,(H3,25,29,30,31,33);5-9,12-14H,4,10-11,15H2,1-3H3,(H2,28,29,30,32). The molecule has 104 heavy (non-hydrogen) atoms. The Morgan fingerprint density at radius 3 is 1.27 bits per heavy atom. The van der Waals surface area contributed by atoms with Crippen molar-refractivity contribution in [2.75, 3.05) is 130 Å². The molecule has 7 N–H and O–H groups in total. The van der Waals surface area contributed by atoms with Gasteiger partial charge in [-0.2, -0.15) is 0 Å². The topological polar surface area (TPSA) is 366 Å². The van der Waals surface area contributed by atoms with E-state index in [0.29, 0.717) is 77.7 Å². The molecule has 3 aromatic carbocycles. The normalized spacial score (nSPS) is 12.2. The van der Waals surface area contributed by atoms with Crippen LogP contribution >= 0.6 is 0 Å². The fourth-order valence-electron chi connectivity index (χ4n) is 11.0. The fraction of sp³-hybridized carbons (Fsp3) is 0.301. The predicted octanol–water partition coefficient (Wildman–Crippen LogP) is 10.4. The first-order valence-corrected chi connectivity index (χ1v) is 33.8. The number of pyridine rings is 3. The molecule has 1 aliphatic rings. The van der Waals surface area contributed by atoms with Crippen molar-refractivity contribution in [2.24, 2.45) is 0 Å². The largest absolute Gasteiger partial charge is 0.476 e. The van der Waals surface area contributed by atoms with Gasteiger partial charge in [0.15, 0.2) is 17.5 Å². The van der Waals surface area contributed by atoms with Crippen LogP contribution in [0.3, 0.4) is 0 Å². The van der Waals surface area contributed by atoms with Crippen molar-refractivity contribution in [3.8, 4) is 73.4 Å². The van der Waals surface area contributed by atoms with Crippen molar-refractivity contribution in [1.82, 2.24) is 94.8 Å².